The number of benzene rings is 1. The van der Waals surface area contributed by atoms with Gasteiger partial charge >= 0.3 is 0 Å². The van der Waals surface area contributed by atoms with Crippen molar-refractivity contribution in [3.05, 3.63) is 53.5 Å². The second-order valence-electron chi connectivity index (χ2n) is 4.98. The summed E-state index contributed by atoms with van der Waals surface area (Å²) in [5.74, 6) is 0.336. The molecule has 0 saturated carbocycles. The van der Waals surface area contributed by atoms with Gasteiger partial charge in [0.25, 0.3) is 0 Å². The van der Waals surface area contributed by atoms with Crippen LogP contribution in [0.1, 0.15) is 12.5 Å². The van der Waals surface area contributed by atoms with Crippen LogP contribution in [0.25, 0.3) is 16.9 Å². The summed E-state index contributed by atoms with van der Waals surface area (Å²) in [7, 11) is 0. The normalized spacial score (nSPS) is 10.9. The summed E-state index contributed by atoms with van der Waals surface area (Å²) in [4.78, 5) is 4.54. The molecular weight excluding hydrogens is 282 g/mol. The molecule has 0 spiro atoms. The molecule has 2 heterocycles. The number of aryl methyl sites for hydroxylation is 1. The first-order chi connectivity index (χ1) is 10.6. The lowest BCUT2D eigenvalue weighted by atomic mass is 10.1. The molecular formula is C16H16N3O3-. The van der Waals surface area contributed by atoms with Gasteiger partial charge in [-0.25, -0.2) is 4.98 Å². The molecule has 22 heavy (non-hydrogen) atoms. The van der Waals surface area contributed by atoms with E-state index < -0.39 is 0 Å². The molecule has 1 aromatic carbocycles. The van der Waals surface area contributed by atoms with E-state index in [1.165, 1.54) is 0 Å². The third kappa shape index (κ3) is 2.61. The van der Waals surface area contributed by atoms with E-state index in [1.807, 2.05) is 48.8 Å². The lowest BCUT2D eigenvalue weighted by Crippen LogP contribution is -2.09. The minimum atomic E-state index is -0.186. The summed E-state index contributed by atoms with van der Waals surface area (Å²) in [6, 6.07) is 9.00. The number of nitrogens with zero attached hydrogens (tertiary/aromatic N) is 3. The molecule has 3 rings (SSSR count). The summed E-state index contributed by atoms with van der Waals surface area (Å²) in [6.07, 6.45) is 3.81. The number of anilines is 1. The molecule has 0 saturated heterocycles. The molecule has 0 fully saturated rings. The maximum atomic E-state index is 11.3. The Morgan fingerprint density at radius 2 is 2.14 bits per heavy atom. The fourth-order valence-corrected chi connectivity index (χ4v) is 2.33. The lowest BCUT2D eigenvalue weighted by molar-refractivity contribution is 0.284. The molecule has 0 aliphatic rings. The highest BCUT2D eigenvalue weighted by atomic mass is 16.8. The molecule has 6 nitrogen and oxygen atoms in total. The molecule has 0 aliphatic heterocycles. The van der Waals surface area contributed by atoms with Crippen LogP contribution < -0.4 is 9.96 Å². The predicted molar refractivity (Wildman–Crippen MR) is 84.2 cm³/mol. The number of imidazole rings is 1. The summed E-state index contributed by atoms with van der Waals surface area (Å²) in [5.41, 5.74) is 3.46. The third-order valence-corrected chi connectivity index (χ3v) is 3.38. The fourth-order valence-electron chi connectivity index (χ4n) is 2.33. The van der Waals surface area contributed by atoms with Crippen LogP contribution in [0.2, 0.25) is 0 Å². The minimum absolute atomic E-state index is 0.0626. The Hall–Kier alpha value is -2.57. The van der Waals surface area contributed by atoms with Gasteiger partial charge in [0.1, 0.15) is 11.4 Å². The van der Waals surface area contributed by atoms with Gasteiger partial charge in [-0.2, -0.15) is 0 Å². The molecule has 0 radical (unpaired) electrons. The number of fused-ring (bicyclic) bond motifs is 1. The summed E-state index contributed by atoms with van der Waals surface area (Å²) in [5, 5.41) is 20.4. The summed E-state index contributed by atoms with van der Waals surface area (Å²) >= 11 is 0. The van der Waals surface area contributed by atoms with E-state index in [9.17, 15) is 10.4 Å². The standard InChI is InChI=1S/C16H16N3O3/c1-3-22-15-5-4-12(9-14(15)19(20)21)13-10-18-7-6-11(2)8-16(18)17-13/h4-10,20H,3H2,1-2H3/q-1. The maximum Gasteiger partial charge on any atom is 0.143 e. The highest BCUT2D eigenvalue weighted by Crippen LogP contribution is 2.32. The molecule has 0 amide bonds. The fraction of sp³-hybridized carbons (Fsp3) is 0.188. The first kappa shape index (κ1) is 14.4. The van der Waals surface area contributed by atoms with Gasteiger partial charge in [-0.3, -0.25) is 5.21 Å². The minimum Gasteiger partial charge on any atom is -0.733 e. The topological polar surface area (TPSA) is 73.1 Å². The van der Waals surface area contributed by atoms with Gasteiger partial charge in [0.05, 0.1) is 18.0 Å². The van der Waals surface area contributed by atoms with Crippen LogP contribution in [0.15, 0.2) is 42.7 Å². The highest BCUT2D eigenvalue weighted by Gasteiger charge is 2.10. The molecule has 1 N–H and O–H groups in total. The predicted octanol–water partition coefficient (Wildman–Crippen LogP) is 3.40. The van der Waals surface area contributed by atoms with Crippen molar-refractivity contribution >= 4 is 11.3 Å². The van der Waals surface area contributed by atoms with Crippen molar-refractivity contribution in [3.8, 4) is 17.0 Å². The maximum absolute atomic E-state index is 11.3. The van der Waals surface area contributed by atoms with E-state index in [1.54, 1.807) is 12.1 Å². The Morgan fingerprint density at radius 3 is 2.86 bits per heavy atom. The molecule has 114 valence electrons. The zero-order chi connectivity index (χ0) is 15.7. The van der Waals surface area contributed by atoms with Crippen LogP contribution in [-0.2, 0) is 0 Å². The Kier molecular flexibility index (Phi) is 3.70. The molecule has 2 aromatic heterocycles. The smallest absolute Gasteiger partial charge is 0.143 e. The van der Waals surface area contributed by atoms with Crippen molar-refractivity contribution in [2.75, 3.05) is 11.8 Å². The quantitative estimate of drug-likeness (QED) is 0.747. The first-order valence-corrected chi connectivity index (χ1v) is 6.97. The number of hydrogen-bond acceptors (Lipinski definition) is 5. The van der Waals surface area contributed by atoms with E-state index in [0.29, 0.717) is 12.4 Å². The molecule has 0 aliphatic carbocycles. The number of ether oxygens (including phenoxy) is 1. The van der Waals surface area contributed by atoms with Gasteiger partial charge in [0.2, 0.25) is 0 Å². The van der Waals surface area contributed by atoms with Crippen LogP contribution >= 0.6 is 0 Å². The van der Waals surface area contributed by atoms with Crippen molar-refractivity contribution in [3.63, 3.8) is 0 Å². The second kappa shape index (κ2) is 5.67. The number of hydrogen-bond donors (Lipinski definition) is 1. The second-order valence-corrected chi connectivity index (χ2v) is 4.98. The number of aromatic nitrogens is 2. The Morgan fingerprint density at radius 1 is 1.32 bits per heavy atom. The number of rotatable bonds is 4. The van der Waals surface area contributed by atoms with Crippen LogP contribution in [0, 0.1) is 12.1 Å². The van der Waals surface area contributed by atoms with Crippen LogP contribution in [0.5, 0.6) is 5.75 Å². The van der Waals surface area contributed by atoms with Crippen molar-refractivity contribution in [1.29, 1.82) is 0 Å². The summed E-state index contributed by atoms with van der Waals surface area (Å²) in [6.45, 7) is 4.23. The van der Waals surface area contributed by atoms with Gasteiger partial charge in [0, 0.05) is 18.0 Å². The SMILES string of the molecule is CCOc1ccc(-c2cn3ccc(C)cc3n2)cc1N([O-])O. The van der Waals surface area contributed by atoms with Crippen molar-refractivity contribution in [2.45, 2.75) is 13.8 Å². The van der Waals surface area contributed by atoms with Gasteiger partial charge in [-0.1, -0.05) is 0 Å². The zero-order valence-corrected chi connectivity index (χ0v) is 12.4. The Labute approximate surface area is 127 Å². The van der Waals surface area contributed by atoms with E-state index in [4.69, 9.17) is 4.74 Å². The Bertz CT molecular complexity index is 812. The van der Waals surface area contributed by atoms with E-state index in [-0.39, 0.29) is 10.9 Å². The molecule has 0 unspecified atom stereocenters. The van der Waals surface area contributed by atoms with Crippen molar-refractivity contribution in [1.82, 2.24) is 9.38 Å². The van der Waals surface area contributed by atoms with Crippen LogP contribution in [-0.4, -0.2) is 21.2 Å². The average Bonchev–Trinajstić information content (AvgIpc) is 2.90. The largest absolute Gasteiger partial charge is 0.733 e. The summed E-state index contributed by atoms with van der Waals surface area (Å²) < 4.78 is 7.25. The lowest BCUT2D eigenvalue weighted by Gasteiger charge is -2.24. The molecule has 3 aromatic rings. The first-order valence-electron chi connectivity index (χ1n) is 6.97. The highest BCUT2D eigenvalue weighted by molar-refractivity contribution is 5.71. The third-order valence-electron chi connectivity index (χ3n) is 3.38. The van der Waals surface area contributed by atoms with E-state index >= 15 is 0 Å². The van der Waals surface area contributed by atoms with Crippen molar-refractivity contribution in [2.24, 2.45) is 0 Å². The molecule has 6 heteroatoms. The molecule has 0 bridgehead atoms. The van der Waals surface area contributed by atoms with Gasteiger partial charge < -0.3 is 19.6 Å². The number of pyridine rings is 1. The Balaban J connectivity index is 2.07. The zero-order valence-electron chi connectivity index (χ0n) is 12.4. The van der Waals surface area contributed by atoms with Gasteiger partial charge in [0.15, 0.2) is 0 Å². The monoisotopic (exact) mass is 298 g/mol. The van der Waals surface area contributed by atoms with Crippen LogP contribution in [0.3, 0.4) is 0 Å². The van der Waals surface area contributed by atoms with Gasteiger partial charge in [-0.15, -0.1) is 0 Å². The van der Waals surface area contributed by atoms with E-state index in [0.717, 1.165) is 22.5 Å². The van der Waals surface area contributed by atoms with Crippen LogP contribution in [0.4, 0.5) is 5.69 Å². The van der Waals surface area contributed by atoms with E-state index in [2.05, 4.69) is 4.98 Å². The average molecular weight is 298 g/mol. The molecule has 0 atom stereocenters. The van der Waals surface area contributed by atoms with Gasteiger partial charge in [-0.05, 0) is 49.7 Å². The van der Waals surface area contributed by atoms with Crippen molar-refractivity contribution < 1.29 is 9.94 Å².